The number of hydrogen-bond acceptors (Lipinski definition) is 4. The number of aliphatic hydroxyl groups excluding tert-OH is 1. The minimum absolute atomic E-state index is 0.229. The number of nitrogens with one attached hydrogen (secondary N) is 1. The molecule has 2 aliphatic rings. The SMILES string of the molecule is COCC(O)CN1CCC(NC(=O)CC2CCCCC2(C)C)CC1. The number of methoxy groups -OCH3 is 1. The number of piperidine rings is 1. The smallest absolute Gasteiger partial charge is 0.220 e. The van der Waals surface area contributed by atoms with Crippen LogP contribution in [0.15, 0.2) is 0 Å². The van der Waals surface area contributed by atoms with Crippen LogP contribution in [-0.2, 0) is 9.53 Å². The van der Waals surface area contributed by atoms with Crippen LogP contribution < -0.4 is 5.32 Å². The standard InChI is InChI=1S/C19H36N2O3/c1-19(2)9-5-4-6-15(19)12-18(23)20-16-7-10-21(11-8-16)13-17(22)14-24-3/h15-17,22H,4-14H2,1-3H3,(H,20,23). The van der Waals surface area contributed by atoms with Gasteiger partial charge in [0.25, 0.3) is 0 Å². The van der Waals surface area contributed by atoms with E-state index in [-0.39, 0.29) is 5.91 Å². The first kappa shape index (κ1) is 19.7. The second-order valence-electron chi connectivity index (χ2n) is 8.39. The Morgan fingerprint density at radius 2 is 2.00 bits per heavy atom. The molecule has 1 aliphatic carbocycles. The van der Waals surface area contributed by atoms with Crippen LogP contribution in [0.2, 0.25) is 0 Å². The highest BCUT2D eigenvalue weighted by atomic mass is 16.5. The van der Waals surface area contributed by atoms with Gasteiger partial charge in [0.1, 0.15) is 0 Å². The van der Waals surface area contributed by atoms with Crippen molar-refractivity contribution in [3.8, 4) is 0 Å². The topological polar surface area (TPSA) is 61.8 Å². The second-order valence-corrected chi connectivity index (χ2v) is 8.39. The highest BCUT2D eigenvalue weighted by Gasteiger charge is 2.34. The van der Waals surface area contributed by atoms with E-state index in [0.29, 0.717) is 36.9 Å². The zero-order chi connectivity index (χ0) is 17.6. The van der Waals surface area contributed by atoms with Crippen molar-refractivity contribution in [3.63, 3.8) is 0 Å². The van der Waals surface area contributed by atoms with Crippen LogP contribution in [0, 0.1) is 11.3 Å². The first-order chi connectivity index (χ1) is 11.4. The van der Waals surface area contributed by atoms with E-state index in [9.17, 15) is 9.90 Å². The first-order valence-electron chi connectivity index (χ1n) is 9.59. The summed E-state index contributed by atoms with van der Waals surface area (Å²) < 4.78 is 4.97. The molecule has 2 atom stereocenters. The molecular formula is C19H36N2O3. The highest BCUT2D eigenvalue weighted by molar-refractivity contribution is 5.76. The van der Waals surface area contributed by atoms with Crippen LogP contribution in [0.4, 0.5) is 0 Å². The Bertz CT molecular complexity index is 392. The molecule has 2 unspecified atom stereocenters. The van der Waals surface area contributed by atoms with Gasteiger partial charge >= 0.3 is 0 Å². The number of rotatable bonds is 7. The molecule has 0 spiro atoms. The van der Waals surface area contributed by atoms with Gasteiger partial charge in [0, 0.05) is 39.2 Å². The summed E-state index contributed by atoms with van der Waals surface area (Å²) in [5.74, 6) is 0.753. The fourth-order valence-corrected chi connectivity index (χ4v) is 4.26. The molecule has 5 heteroatoms. The van der Waals surface area contributed by atoms with Crippen molar-refractivity contribution in [2.75, 3.05) is 33.4 Å². The van der Waals surface area contributed by atoms with Gasteiger partial charge in [-0.1, -0.05) is 26.7 Å². The van der Waals surface area contributed by atoms with Gasteiger partial charge < -0.3 is 20.1 Å². The van der Waals surface area contributed by atoms with Crippen molar-refractivity contribution >= 4 is 5.91 Å². The maximum absolute atomic E-state index is 12.4. The summed E-state index contributed by atoms with van der Waals surface area (Å²) in [7, 11) is 1.61. The van der Waals surface area contributed by atoms with Gasteiger partial charge in [-0.15, -0.1) is 0 Å². The summed E-state index contributed by atoms with van der Waals surface area (Å²) in [6.07, 6.45) is 7.21. The number of ether oxygens (including phenoxy) is 1. The van der Waals surface area contributed by atoms with Crippen LogP contribution in [0.3, 0.4) is 0 Å². The van der Waals surface area contributed by atoms with E-state index in [1.54, 1.807) is 7.11 Å². The molecule has 1 aliphatic heterocycles. The average molecular weight is 341 g/mol. The second kappa shape index (κ2) is 9.16. The van der Waals surface area contributed by atoms with Gasteiger partial charge in [-0.05, 0) is 37.0 Å². The van der Waals surface area contributed by atoms with Crippen molar-refractivity contribution in [1.82, 2.24) is 10.2 Å². The molecule has 1 heterocycles. The van der Waals surface area contributed by atoms with Crippen molar-refractivity contribution < 1.29 is 14.6 Å². The van der Waals surface area contributed by atoms with Crippen molar-refractivity contribution in [2.24, 2.45) is 11.3 Å². The van der Waals surface area contributed by atoms with Gasteiger partial charge in [-0.3, -0.25) is 4.79 Å². The summed E-state index contributed by atoms with van der Waals surface area (Å²) >= 11 is 0. The van der Waals surface area contributed by atoms with Crippen LogP contribution in [0.1, 0.15) is 58.8 Å². The lowest BCUT2D eigenvalue weighted by molar-refractivity contribution is -0.124. The lowest BCUT2D eigenvalue weighted by Gasteiger charge is -2.39. The van der Waals surface area contributed by atoms with Crippen molar-refractivity contribution in [2.45, 2.75) is 70.9 Å². The molecule has 1 saturated heterocycles. The quantitative estimate of drug-likeness (QED) is 0.746. The molecule has 1 amide bonds. The average Bonchev–Trinajstić information content (AvgIpc) is 2.51. The van der Waals surface area contributed by atoms with E-state index in [1.807, 2.05) is 0 Å². The minimum Gasteiger partial charge on any atom is -0.389 e. The molecule has 1 saturated carbocycles. The Morgan fingerprint density at radius 3 is 2.62 bits per heavy atom. The Morgan fingerprint density at radius 1 is 1.29 bits per heavy atom. The van der Waals surface area contributed by atoms with E-state index in [4.69, 9.17) is 4.74 Å². The molecule has 0 radical (unpaired) electrons. The van der Waals surface area contributed by atoms with E-state index in [0.717, 1.165) is 25.9 Å². The molecule has 0 aromatic carbocycles. The maximum atomic E-state index is 12.4. The van der Waals surface area contributed by atoms with Crippen molar-refractivity contribution in [3.05, 3.63) is 0 Å². The predicted molar refractivity (Wildman–Crippen MR) is 95.8 cm³/mol. The lowest BCUT2D eigenvalue weighted by atomic mass is 9.67. The fraction of sp³-hybridized carbons (Fsp3) is 0.947. The number of carbonyl (C=O) groups excluding carboxylic acids is 1. The number of amides is 1. The molecular weight excluding hydrogens is 304 g/mol. The number of likely N-dealkylation sites (tertiary alicyclic amines) is 1. The summed E-state index contributed by atoms with van der Waals surface area (Å²) in [5.41, 5.74) is 0.302. The summed E-state index contributed by atoms with van der Waals surface area (Å²) in [4.78, 5) is 14.7. The minimum atomic E-state index is -0.422. The number of hydrogen-bond donors (Lipinski definition) is 2. The van der Waals surface area contributed by atoms with E-state index in [2.05, 4.69) is 24.1 Å². The molecule has 0 bridgehead atoms. The Kier molecular flexibility index (Phi) is 7.51. The number of aliphatic hydroxyl groups is 1. The molecule has 2 fully saturated rings. The third-order valence-corrected chi connectivity index (χ3v) is 5.94. The molecule has 140 valence electrons. The Labute approximate surface area is 147 Å². The van der Waals surface area contributed by atoms with E-state index >= 15 is 0 Å². The fourth-order valence-electron chi connectivity index (χ4n) is 4.26. The molecule has 2 N–H and O–H groups in total. The van der Waals surface area contributed by atoms with Crippen LogP contribution >= 0.6 is 0 Å². The monoisotopic (exact) mass is 340 g/mol. The normalized spacial score (nSPS) is 26.9. The third-order valence-electron chi connectivity index (χ3n) is 5.94. The van der Waals surface area contributed by atoms with Gasteiger partial charge in [0.15, 0.2) is 0 Å². The third kappa shape index (κ3) is 6.01. The van der Waals surface area contributed by atoms with Gasteiger partial charge in [-0.2, -0.15) is 0 Å². The number of carbonyl (C=O) groups is 1. The maximum Gasteiger partial charge on any atom is 0.220 e. The largest absolute Gasteiger partial charge is 0.389 e. The van der Waals surface area contributed by atoms with Gasteiger partial charge in [-0.25, -0.2) is 0 Å². The van der Waals surface area contributed by atoms with Crippen LogP contribution in [0.25, 0.3) is 0 Å². The predicted octanol–water partition coefficient (Wildman–Crippen LogP) is 2.18. The zero-order valence-electron chi connectivity index (χ0n) is 15.7. The summed E-state index contributed by atoms with van der Waals surface area (Å²) in [5, 5.41) is 13.1. The molecule has 0 aromatic rings. The Hall–Kier alpha value is -0.650. The van der Waals surface area contributed by atoms with Crippen molar-refractivity contribution in [1.29, 1.82) is 0 Å². The Balaban J connectivity index is 1.68. The zero-order valence-corrected chi connectivity index (χ0v) is 15.7. The number of β-amino-alcohol motifs (C(OH)–C–C–N with tert-alkyl or cyclic N) is 1. The van der Waals surface area contributed by atoms with Gasteiger partial charge in [0.2, 0.25) is 5.91 Å². The van der Waals surface area contributed by atoms with E-state index < -0.39 is 6.10 Å². The van der Waals surface area contributed by atoms with Crippen LogP contribution in [-0.4, -0.2) is 61.4 Å². The van der Waals surface area contributed by atoms with Crippen LogP contribution in [0.5, 0.6) is 0 Å². The summed E-state index contributed by atoms with van der Waals surface area (Å²) in [6.45, 7) is 7.53. The lowest BCUT2D eigenvalue weighted by Crippen LogP contribution is -2.47. The van der Waals surface area contributed by atoms with E-state index in [1.165, 1.54) is 25.7 Å². The molecule has 5 nitrogen and oxygen atoms in total. The number of nitrogens with zero attached hydrogens (tertiary/aromatic N) is 1. The summed E-state index contributed by atoms with van der Waals surface area (Å²) in [6, 6.07) is 0.292. The first-order valence-corrected chi connectivity index (χ1v) is 9.59. The molecule has 2 rings (SSSR count). The molecule has 24 heavy (non-hydrogen) atoms. The van der Waals surface area contributed by atoms with Gasteiger partial charge in [0.05, 0.1) is 12.7 Å². The molecule has 0 aromatic heterocycles. The highest BCUT2D eigenvalue weighted by Crippen LogP contribution is 2.42.